The van der Waals surface area contributed by atoms with Gasteiger partial charge in [0.2, 0.25) is 0 Å². The van der Waals surface area contributed by atoms with Crippen molar-refractivity contribution >= 4 is 16.7 Å². The van der Waals surface area contributed by atoms with Gasteiger partial charge < -0.3 is 10.4 Å². The number of phenolic OH excluding ortho intramolecular Hbond substituents is 1. The van der Waals surface area contributed by atoms with E-state index in [1.807, 2.05) is 0 Å². The molecule has 15 heavy (non-hydrogen) atoms. The Morgan fingerprint density at radius 2 is 2.00 bits per heavy atom. The van der Waals surface area contributed by atoms with Crippen molar-refractivity contribution in [3.05, 3.63) is 29.8 Å². The molecule has 1 atom stereocenters. The molecular formula is C10H13NO3S. The average molecular weight is 227 g/mol. The number of benzene rings is 1. The number of nitrogens with one attached hydrogen (secondary N) is 1. The van der Waals surface area contributed by atoms with Crippen molar-refractivity contribution in [1.29, 1.82) is 0 Å². The van der Waals surface area contributed by atoms with E-state index in [0.29, 0.717) is 17.9 Å². The maximum Gasteiger partial charge on any atom is 0.251 e. The van der Waals surface area contributed by atoms with Gasteiger partial charge in [0.15, 0.2) is 0 Å². The fraction of sp³-hybridized carbons (Fsp3) is 0.300. The van der Waals surface area contributed by atoms with Crippen molar-refractivity contribution < 1.29 is 14.1 Å². The smallest absolute Gasteiger partial charge is 0.251 e. The van der Waals surface area contributed by atoms with E-state index in [1.165, 1.54) is 24.3 Å². The first-order chi connectivity index (χ1) is 7.09. The standard InChI is InChI=1S/C10H13NO3S/c1-15(14)7-6-11-10(13)8-2-4-9(12)5-3-8/h2-5,12H,6-7H2,1H3,(H,11,13). The lowest BCUT2D eigenvalue weighted by Crippen LogP contribution is -2.27. The molecule has 1 aromatic rings. The first-order valence-electron chi connectivity index (χ1n) is 4.47. The lowest BCUT2D eigenvalue weighted by atomic mass is 10.2. The molecule has 0 saturated carbocycles. The summed E-state index contributed by atoms with van der Waals surface area (Å²) in [6, 6.07) is 5.97. The van der Waals surface area contributed by atoms with Gasteiger partial charge in [-0.15, -0.1) is 0 Å². The summed E-state index contributed by atoms with van der Waals surface area (Å²) in [5.41, 5.74) is 0.481. The molecule has 1 unspecified atom stereocenters. The maximum atomic E-state index is 11.4. The van der Waals surface area contributed by atoms with Crippen LogP contribution in [0.25, 0.3) is 0 Å². The third kappa shape index (κ3) is 4.12. The van der Waals surface area contributed by atoms with Crippen LogP contribution in [0.2, 0.25) is 0 Å². The van der Waals surface area contributed by atoms with E-state index in [2.05, 4.69) is 5.32 Å². The van der Waals surface area contributed by atoms with Crippen LogP contribution < -0.4 is 5.32 Å². The molecule has 5 heteroatoms. The van der Waals surface area contributed by atoms with Crippen molar-refractivity contribution in [3.8, 4) is 5.75 Å². The zero-order valence-electron chi connectivity index (χ0n) is 8.40. The third-order valence-corrected chi connectivity index (χ3v) is 2.58. The molecular weight excluding hydrogens is 214 g/mol. The van der Waals surface area contributed by atoms with Crippen molar-refractivity contribution in [1.82, 2.24) is 5.32 Å². The van der Waals surface area contributed by atoms with Crippen LogP contribution >= 0.6 is 0 Å². The molecule has 0 aliphatic heterocycles. The molecule has 0 aliphatic carbocycles. The fourth-order valence-corrected chi connectivity index (χ4v) is 1.41. The van der Waals surface area contributed by atoms with Crippen LogP contribution in [0.15, 0.2) is 24.3 Å². The lowest BCUT2D eigenvalue weighted by molar-refractivity contribution is 0.0956. The number of hydrogen-bond acceptors (Lipinski definition) is 3. The summed E-state index contributed by atoms with van der Waals surface area (Å²) in [7, 11) is -0.897. The topological polar surface area (TPSA) is 66.4 Å². The Morgan fingerprint density at radius 1 is 1.40 bits per heavy atom. The molecule has 0 spiro atoms. The Kier molecular flexibility index (Phi) is 4.30. The van der Waals surface area contributed by atoms with E-state index in [-0.39, 0.29) is 11.7 Å². The highest BCUT2D eigenvalue weighted by Crippen LogP contribution is 2.09. The van der Waals surface area contributed by atoms with Crippen LogP contribution in [0, 0.1) is 0 Å². The van der Waals surface area contributed by atoms with Crippen LogP contribution in [0.3, 0.4) is 0 Å². The number of rotatable bonds is 4. The van der Waals surface area contributed by atoms with Crippen LogP contribution in [-0.4, -0.2) is 33.8 Å². The van der Waals surface area contributed by atoms with Crippen molar-refractivity contribution in [2.24, 2.45) is 0 Å². The van der Waals surface area contributed by atoms with Gasteiger partial charge in [0, 0.05) is 34.9 Å². The van der Waals surface area contributed by atoms with Gasteiger partial charge in [-0.1, -0.05) is 0 Å². The van der Waals surface area contributed by atoms with Crippen molar-refractivity contribution in [2.75, 3.05) is 18.6 Å². The van der Waals surface area contributed by atoms with Gasteiger partial charge in [0.05, 0.1) is 0 Å². The summed E-state index contributed by atoms with van der Waals surface area (Å²) < 4.78 is 10.7. The second-order valence-corrected chi connectivity index (χ2v) is 4.63. The van der Waals surface area contributed by atoms with Gasteiger partial charge in [0.1, 0.15) is 5.75 Å². The fourth-order valence-electron chi connectivity index (χ4n) is 1.02. The number of amides is 1. The predicted octanol–water partition coefficient (Wildman–Crippen LogP) is 0.500. The van der Waals surface area contributed by atoms with Crippen molar-refractivity contribution in [3.63, 3.8) is 0 Å². The molecule has 0 bridgehead atoms. The number of carbonyl (C=O) groups is 1. The van der Waals surface area contributed by atoms with E-state index in [1.54, 1.807) is 6.26 Å². The number of hydrogen-bond donors (Lipinski definition) is 2. The molecule has 0 aromatic heterocycles. The molecule has 2 N–H and O–H groups in total. The molecule has 0 fully saturated rings. The normalized spacial score (nSPS) is 12.1. The van der Waals surface area contributed by atoms with Gasteiger partial charge in [0.25, 0.3) is 5.91 Å². The summed E-state index contributed by atoms with van der Waals surface area (Å²) >= 11 is 0. The Labute approximate surface area is 90.8 Å². The van der Waals surface area contributed by atoms with Gasteiger partial charge in [-0.3, -0.25) is 9.00 Å². The molecule has 0 saturated heterocycles. The molecule has 1 rings (SSSR count). The van der Waals surface area contributed by atoms with E-state index in [4.69, 9.17) is 5.11 Å². The molecule has 1 amide bonds. The third-order valence-electron chi connectivity index (χ3n) is 1.80. The Balaban J connectivity index is 2.47. The molecule has 4 nitrogen and oxygen atoms in total. The molecule has 82 valence electrons. The van der Waals surface area contributed by atoms with Gasteiger partial charge in [-0.25, -0.2) is 0 Å². The van der Waals surface area contributed by atoms with E-state index in [9.17, 15) is 9.00 Å². The van der Waals surface area contributed by atoms with E-state index in [0.717, 1.165) is 0 Å². The van der Waals surface area contributed by atoms with Crippen LogP contribution in [0.5, 0.6) is 5.75 Å². The minimum absolute atomic E-state index is 0.126. The Hall–Kier alpha value is -1.36. The quantitative estimate of drug-likeness (QED) is 0.787. The van der Waals surface area contributed by atoms with E-state index >= 15 is 0 Å². The first kappa shape index (κ1) is 11.7. The van der Waals surface area contributed by atoms with E-state index < -0.39 is 10.8 Å². The van der Waals surface area contributed by atoms with Gasteiger partial charge in [-0.05, 0) is 24.3 Å². The largest absolute Gasteiger partial charge is 0.508 e. The number of aromatic hydroxyl groups is 1. The summed E-state index contributed by atoms with van der Waals surface area (Å²) in [5, 5.41) is 11.7. The summed E-state index contributed by atoms with van der Waals surface area (Å²) in [6.07, 6.45) is 1.59. The number of phenols is 1. The molecule has 0 radical (unpaired) electrons. The minimum atomic E-state index is -0.897. The number of carbonyl (C=O) groups excluding carboxylic acids is 1. The predicted molar refractivity (Wildman–Crippen MR) is 59.4 cm³/mol. The molecule has 0 heterocycles. The lowest BCUT2D eigenvalue weighted by Gasteiger charge is -2.03. The summed E-state index contributed by atoms with van der Waals surface area (Å²) in [6.45, 7) is 0.392. The highest BCUT2D eigenvalue weighted by Gasteiger charge is 2.04. The SMILES string of the molecule is CS(=O)CCNC(=O)c1ccc(O)cc1. The van der Waals surface area contributed by atoms with Gasteiger partial charge in [-0.2, -0.15) is 0 Å². The maximum absolute atomic E-state index is 11.4. The molecule has 1 aromatic carbocycles. The van der Waals surface area contributed by atoms with Crippen LogP contribution in [0.1, 0.15) is 10.4 Å². The Bertz CT molecular complexity index is 361. The Morgan fingerprint density at radius 3 is 2.53 bits per heavy atom. The van der Waals surface area contributed by atoms with Gasteiger partial charge >= 0.3 is 0 Å². The summed E-state index contributed by atoms with van der Waals surface area (Å²) in [5.74, 6) is 0.353. The highest BCUT2D eigenvalue weighted by atomic mass is 32.2. The second-order valence-electron chi connectivity index (χ2n) is 3.08. The van der Waals surface area contributed by atoms with Crippen molar-refractivity contribution in [2.45, 2.75) is 0 Å². The second kappa shape index (κ2) is 5.50. The molecule has 0 aliphatic rings. The van der Waals surface area contributed by atoms with Crippen LogP contribution in [0.4, 0.5) is 0 Å². The zero-order valence-corrected chi connectivity index (χ0v) is 9.21. The highest BCUT2D eigenvalue weighted by molar-refractivity contribution is 7.84. The minimum Gasteiger partial charge on any atom is -0.508 e. The average Bonchev–Trinajstić information content (AvgIpc) is 2.18. The monoisotopic (exact) mass is 227 g/mol. The first-order valence-corrected chi connectivity index (χ1v) is 6.19. The summed E-state index contributed by atoms with van der Waals surface area (Å²) in [4.78, 5) is 11.4. The van der Waals surface area contributed by atoms with Crippen LogP contribution in [-0.2, 0) is 10.8 Å². The zero-order chi connectivity index (χ0) is 11.3.